The topological polar surface area (TPSA) is 67.2 Å². The highest BCUT2D eigenvalue weighted by Crippen LogP contribution is 2.24. The summed E-state index contributed by atoms with van der Waals surface area (Å²) in [6.07, 6.45) is 0.459. The van der Waals surface area contributed by atoms with Crippen LogP contribution in [0.4, 0.5) is 0 Å². The zero-order valence-corrected chi connectivity index (χ0v) is 15.6. The van der Waals surface area contributed by atoms with E-state index in [9.17, 15) is 4.79 Å². The van der Waals surface area contributed by atoms with Gasteiger partial charge in [0.05, 0.1) is 0 Å². The van der Waals surface area contributed by atoms with Crippen molar-refractivity contribution >= 4 is 34.3 Å². The number of nitrogens with zero attached hydrogens (tertiary/aromatic N) is 1. The second-order valence-corrected chi connectivity index (χ2v) is 6.92. The van der Waals surface area contributed by atoms with Crippen molar-refractivity contribution in [2.24, 2.45) is 5.92 Å². The van der Waals surface area contributed by atoms with Gasteiger partial charge in [0.1, 0.15) is 5.52 Å². The Labute approximate surface area is 157 Å². The molecule has 0 saturated heterocycles. The minimum absolute atomic E-state index is 0.0659. The second kappa shape index (κ2) is 8.10. The molecule has 0 radical (unpaired) electrons. The molecule has 3 rings (SSSR count). The number of carbonyl (C=O) groups excluding carboxylic acids is 1. The summed E-state index contributed by atoms with van der Waals surface area (Å²) in [6.45, 7) is 4.53. The smallest absolute Gasteiger partial charge is 0.227 e. The van der Waals surface area contributed by atoms with Crippen molar-refractivity contribution < 1.29 is 9.21 Å². The van der Waals surface area contributed by atoms with E-state index in [0.29, 0.717) is 29.9 Å². The number of amides is 1. The second-order valence-electron chi connectivity index (χ2n) is 6.51. The molecule has 5 nitrogen and oxygen atoms in total. The minimum atomic E-state index is -0.0659. The third kappa shape index (κ3) is 4.67. The third-order valence-corrected chi connectivity index (χ3v) is 4.04. The van der Waals surface area contributed by atoms with Crippen molar-refractivity contribution in [3.8, 4) is 11.5 Å². The summed E-state index contributed by atoms with van der Waals surface area (Å²) in [4.78, 5) is 16.2. The van der Waals surface area contributed by atoms with Crippen LogP contribution in [0.2, 0.25) is 0 Å². The number of rotatable bonds is 5. The Bertz CT molecular complexity index is 883. The van der Waals surface area contributed by atoms with E-state index < -0.39 is 0 Å². The number of para-hydroxylation sites is 2. The molecule has 134 valence electrons. The highest BCUT2D eigenvalue weighted by atomic mass is 32.1. The average molecular weight is 367 g/mol. The molecule has 1 heterocycles. The molecular weight excluding hydrogens is 346 g/mol. The Hall–Kier alpha value is -2.73. The molecule has 0 aliphatic heterocycles. The van der Waals surface area contributed by atoms with Crippen LogP contribution in [0.5, 0.6) is 0 Å². The molecule has 0 aliphatic carbocycles. The number of aromatic nitrogens is 1. The Balaban J connectivity index is 1.57. The van der Waals surface area contributed by atoms with Crippen molar-refractivity contribution in [2.75, 3.05) is 0 Å². The summed E-state index contributed by atoms with van der Waals surface area (Å²) in [5.41, 5.74) is 3.58. The molecule has 0 aliphatic rings. The van der Waals surface area contributed by atoms with Crippen LogP contribution in [0.1, 0.15) is 25.8 Å². The molecule has 1 aromatic heterocycles. The molecule has 0 atom stereocenters. The maximum absolute atomic E-state index is 11.7. The van der Waals surface area contributed by atoms with E-state index >= 15 is 0 Å². The van der Waals surface area contributed by atoms with Crippen LogP contribution in [-0.2, 0) is 11.3 Å². The van der Waals surface area contributed by atoms with Gasteiger partial charge in [0.15, 0.2) is 10.7 Å². The average Bonchev–Trinajstić information content (AvgIpc) is 3.03. The van der Waals surface area contributed by atoms with Crippen LogP contribution >= 0.6 is 12.2 Å². The van der Waals surface area contributed by atoms with Gasteiger partial charge in [-0.05, 0) is 48.0 Å². The summed E-state index contributed by atoms with van der Waals surface area (Å²) in [5, 5.41) is 6.08. The first kappa shape index (κ1) is 18.1. The normalized spacial score (nSPS) is 10.9. The van der Waals surface area contributed by atoms with E-state index in [1.165, 1.54) is 0 Å². The fourth-order valence-electron chi connectivity index (χ4n) is 2.54. The predicted molar refractivity (Wildman–Crippen MR) is 106 cm³/mol. The Kier molecular flexibility index (Phi) is 5.63. The fourth-order valence-corrected chi connectivity index (χ4v) is 2.72. The van der Waals surface area contributed by atoms with Crippen LogP contribution in [0, 0.1) is 5.92 Å². The number of benzene rings is 2. The van der Waals surface area contributed by atoms with E-state index in [4.69, 9.17) is 16.6 Å². The lowest BCUT2D eigenvalue weighted by atomic mass is 10.1. The van der Waals surface area contributed by atoms with Crippen molar-refractivity contribution in [2.45, 2.75) is 26.8 Å². The predicted octanol–water partition coefficient (Wildman–Crippen LogP) is 4.03. The molecule has 0 bridgehead atoms. The summed E-state index contributed by atoms with van der Waals surface area (Å²) in [7, 11) is 0. The first-order chi connectivity index (χ1) is 12.5. The van der Waals surface area contributed by atoms with Crippen LogP contribution in [0.3, 0.4) is 0 Å². The van der Waals surface area contributed by atoms with Crippen molar-refractivity contribution in [1.82, 2.24) is 15.6 Å². The molecule has 0 saturated carbocycles. The molecule has 26 heavy (non-hydrogen) atoms. The van der Waals surface area contributed by atoms with Gasteiger partial charge in [-0.3, -0.25) is 4.79 Å². The first-order valence-electron chi connectivity index (χ1n) is 8.54. The van der Waals surface area contributed by atoms with E-state index in [0.717, 1.165) is 22.2 Å². The fraction of sp³-hybridized carbons (Fsp3) is 0.250. The van der Waals surface area contributed by atoms with Crippen LogP contribution < -0.4 is 10.6 Å². The standard InChI is InChI=1S/C20H21N3O2S/c1-13(2)11-18(24)23-20(26)21-12-14-7-9-15(10-8-14)19-22-16-5-3-4-6-17(16)25-19/h3-10,13H,11-12H2,1-2H3,(H2,21,23,24,26). The zero-order chi connectivity index (χ0) is 18.5. The largest absolute Gasteiger partial charge is 0.436 e. The third-order valence-electron chi connectivity index (χ3n) is 3.79. The van der Waals surface area contributed by atoms with E-state index in [1.807, 2.05) is 62.4 Å². The van der Waals surface area contributed by atoms with Gasteiger partial charge in [-0.1, -0.05) is 38.1 Å². The van der Waals surface area contributed by atoms with Gasteiger partial charge >= 0.3 is 0 Å². The molecule has 2 N–H and O–H groups in total. The van der Waals surface area contributed by atoms with Crippen LogP contribution in [-0.4, -0.2) is 16.0 Å². The van der Waals surface area contributed by atoms with Crippen molar-refractivity contribution in [3.63, 3.8) is 0 Å². The van der Waals surface area contributed by atoms with E-state index in [2.05, 4.69) is 15.6 Å². The maximum Gasteiger partial charge on any atom is 0.227 e. The number of fused-ring (bicyclic) bond motifs is 1. The lowest BCUT2D eigenvalue weighted by Gasteiger charge is -2.10. The van der Waals surface area contributed by atoms with Gasteiger partial charge in [-0.2, -0.15) is 0 Å². The summed E-state index contributed by atoms with van der Waals surface area (Å²) < 4.78 is 5.77. The van der Waals surface area contributed by atoms with Crippen LogP contribution in [0.25, 0.3) is 22.6 Å². The number of nitrogens with one attached hydrogen (secondary N) is 2. The van der Waals surface area contributed by atoms with E-state index in [-0.39, 0.29) is 5.91 Å². The van der Waals surface area contributed by atoms with Gasteiger partial charge in [0.25, 0.3) is 0 Å². The molecule has 1 amide bonds. The number of thiocarbonyl (C=S) groups is 1. The molecule has 0 fully saturated rings. The molecule has 0 unspecified atom stereocenters. The number of carbonyl (C=O) groups is 1. The minimum Gasteiger partial charge on any atom is -0.436 e. The summed E-state index contributed by atoms with van der Waals surface area (Å²) in [6, 6.07) is 15.6. The van der Waals surface area contributed by atoms with Crippen molar-refractivity contribution in [3.05, 3.63) is 54.1 Å². The summed E-state index contributed by atoms with van der Waals surface area (Å²) >= 11 is 5.15. The van der Waals surface area contributed by atoms with Gasteiger partial charge in [0.2, 0.25) is 11.8 Å². The first-order valence-corrected chi connectivity index (χ1v) is 8.94. The Morgan fingerprint density at radius 1 is 1.15 bits per heavy atom. The quantitative estimate of drug-likeness (QED) is 0.667. The number of hydrogen-bond donors (Lipinski definition) is 2. The molecule has 6 heteroatoms. The molecule has 0 spiro atoms. The molecule has 3 aromatic rings. The number of oxazole rings is 1. The lowest BCUT2D eigenvalue weighted by molar-refractivity contribution is -0.120. The SMILES string of the molecule is CC(C)CC(=O)NC(=S)NCc1ccc(-c2nc3ccccc3o2)cc1. The number of hydrogen-bond acceptors (Lipinski definition) is 4. The summed E-state index contributed by atoms with van der Waals surface area (Å²) in [5.74, 6) is 0.836. The zero-order valence-electron chi connectivity index (χ0n) is 14.8. The van der Waals surface area contributed by atoms with Gasteiger partial charge in [0, 0.05) is 18.5 Å². The Morgan fingerprint density at radius 2 is 1.88 bits per heavy atom. The van der Waals surface area contributed by atoms with Gasteiger partial charge in [-0.25, -0.2) is 4.98 Å². The van der Waals surface area contributed by atoms with Crippen LogP contribution in [0.15, 0.2) is 52.9 Å². The molecule has 2 aromatic carbocycles. The van der Waals surface area contributed by atoms with Crippen molar-refractivity contribution in [1.29, 1.82) is 0 Å². The monoisotopic (exact) mass is 367 g/mol. The van der Waals surface area contributed by atoms with E-state index in [1.54, 1.807) is 0 Å². The molecular formula is C20H21N3O2S. The van der Waals surface area contributed by atoms with Gasteiger partial charge in [-0.15, -0.1) is 0 Å². The highest BCUT2D eigenvalue weighted by molar-refractivity contribution is 7.80. The van der Waals surface area contributed by atoms with Gasteiger partial charge < -0.3 is 15.1 Å². The Morgan fingerprint density at radius 3 is 2.58 bits per heavy atom. The lowest BCUT2D eigenvalue weighted by Crippen LogP contribution is -2.39. The highest BCUT2D eigenvalue weighted by Gasteiger charge is 2.09. The maximum atomic E-state index is 11.7.